The molecule has 98 valence electrons. The summed E-state index contributed by atoms with van der Waals surface area (Å²) in [6.45, 7) is 3.81. The second-order valence-corrected chi connectivity index (χ2v) is 4.74. The van der Waals surface area contributed by atoms with E-state index < -0.39 is 5.97 Å². The lowest BCUT2D eigenvalue weighted by atomic mass is 9.97. The van der Waals surface area contributed by atoms with E-state index in [1.807, 2.05) is 0 Å². The first kappa shape index (κ1) is 12.8. The summed E-state index contributed by atoms with van der Waals surface area (Å²) in [6, 6.07) is 1.93. The van der Waals surface area contributed by atoms with E-state index in [2.05, 4.69) is 26.5 Å². The fraction of sp³-hybridized carbons (Fsp3) is 0.583. The monoisotopic (exact) mass is 250 g/mol. The Balaban J connectivity index is 2.20. The molecule has 2 unspecified atom stereocenters. The highest BCUT2D eigenvalue weighted by Crippen LogP contribution is 2.20. The van der Waals surface area contributed by atoms with E-state index in [4.69, 9.17) is 5.73 Å². The van der Waals surface area contributed by atoms with Gasteiger partial charge in [-0.15, -0.1) is 0 Å². The number of rotatable bonds is 2. The van der Waals surface area contributed by atoms with Crippen LogP contribution in [0.5, 0.6) is 0 Å². The zero-order valence-corrected chi connectivity index (χ0v) is 10.7. The van der Waals surface area contributed by atoms with Crippen molar-refractivity contribution in [3.05, 3.63) is 18.1 Å². The number of nitrogens with two attached hydrogens (primary N) is 1. The van der Waals surface area contributed by atoms with Crippen LogP contribution in [0.2, 0.25) is 0 Å². The maximum Gasteiger partial charge on any atom is 0.376 e. The molecular weight excluding hydrogens is 232 g/mol. The topological polar surface area (TPSA) is 81.3 Å². The number of aromatic nitrogens is 2. The Hall–Kier alpha value is -1.69. The van der Waals surface area contributed by atoms with Crippen LogP contribution in [0.1, 0.15) is 24.0 Å². The van der Waals surface area contributed by atoms with Crippen LogP contribution in [0.25, 0.3) is 0 Å². The molecule has 1 fully saturated rings. The van der Waals surface area contributed by atoms with Crippen LogP contribution in [0, 0.1) is 5.92 Å². The summed E-state index contributed by atoms with van der Waals surface area (Å²) in [7, 11) is 1.32. The summed E-state index contributed by atoms with van der Waals surface area (Å²) in [5, 5.41) is 0. The molecule has 0 aromatic carbocycles. The Labute approximate surface area is 106 Å². The largest absolute Gasteiger partial charge is 0.463 e. The Morgan fingerprint density at radius 1 is 1.56 bits per heavy atom. The van der Waals surface area contributed by atoms with Gasteiger partial charge in [0.2, 0.25) is 5.82 Å². The van der Waals surface area contributed by atoms with Crippen molar-refractivity contribution in [1.82, 2.24) is 9.97 Å². The summed E-state index contributed by atoms with van der Waals surface area (Å²) in [5.41, 5.74) is 6.00. The molecule has 2 heterocycles. The maximum absolute atomic E-state index is 11.4. The fourth-order valence-corrected chi connectivity index (χ4v) is 2.30. The predicted octanol–water partition coefficient (Wildman–Crippen LogP) is 0.437. The third-order valence-electron chi connectivity index (χ3n) is 3.02. The van der Waals surface area contributed by atoms with Crippen molar-refractivity contribution < 1.29 is 9.53 Å². The van der Waals surface area contributed by atoms with Crippen LogP contribution in [0.15, 0.2) is 12.3 Å². The zero-order chi connectivity index (χ0) is 13.1. The minimum absolute atomic E-state index is 0.0850. The number of carbonyl (C=O) groups is 1. The second kappa shape index (κ2) is 5.30. The van der Waals surface area contributed by atoms with E-state index in [1.165, 1.54) is 7.11 Å². The van der Waals surface area contributed by atoms with Crippen LogP contribution in [-0.4, -0.2) is 42.2 Å². The number of piperidine rings is 1. The number of methoxy groups -OCH3 is 1. The molecule has 0 bridgehead atoms. The van der Waals surface area contributed by atoms with Crippen molar-refractivity contribution in [2.75, 3.05) is 25.1 Å². The van der Waals surface area contributed by atoms with Crippen LogP contribution in [0.3, 0.4) is 0 Å². The molecule has 1 aromatic heterocycles. The lowest BCUT2D eigenvalue weighted by Gasteiger charge is -2.35. The van der Waals surface area contributed by atoms with E-state index in [0.717, 1.165) is 25.3 Å². The summed E-state index contributed by atoms with van der Waals surface area (Å²) < 4.78 is 4.61. The Kier molecular flexibility index (Phi) is 3.76. The molecule has 2 N–H and O–H groups in total. The third kappa shape index (κ3) is 2.76. The first-order chi connectivity index (χ1) is 8.60. The predicted molar refractivity (Wildman–Crippen MR) is 67.3 cm³/mol. The summed E-state index contributed by atoms with van der Waals surface area (Å²) in [4.78, 5) is 21.6. The normalized spacial score (nSPS) is 23.8. The molecule has 1 aromatic rings. The Morgan fingerprint density at radius 3 is 3.00 bits per heavy atom. The van der Waals surface area contributed by atoms with Gasteiger partial charge in [0.05, 0.1) is 7.11 Å². The van der Waals surface area contributed by atoms with Gasteiger partial charge in [-0.2, -0.15) is 0 Å². The zero-order valence-electron chi connectivity index (χ0n) is 10.7. The maximum atomic E-state index is 11.4. The SMILES string of the molecule is COC(=O)c1nccc(N2CC(C)CC(N)C2)n1. The average Bonchev–Trinajstić information content (AvgIpc) is 2.37. The molecule has 0 spiro atoms. The molecule has 1 saturated heterocycles. The molecule has 18 heavy (non-hydrogen) atoms. The van der Waals surface area contributed by atoms with Crippen LogP contribution >= 0.6 is 0 Å². The minimum atomic E-state index is -0.522. The standard InChI is InChI=1S/C12H18N4O2/c1-8-5-9(13)7-16(6-8)10-3-4-14-11(15-10)12(17)18-2/h3-4,8-9H,5-7,13H2,1-2H3. The first-order valence-corrected chi connectivity index (χ1v) is 6.02. The van der Waals surface area contributed by atoms with Gasteiger partial charge in [-0.3, -0.25) is 0 Å². The average molecular weight is 250 g/mol. The highest BCUT2D eigenvalue weighted by molar-refractivity contribution is 5.85. The quantitative estimate of drug-likeness (QED) is 0.767. The van der Waals surface area contributed by atoms with Gasteiger partial charge >= 0.3 is 5.97 Å². The molecule has 1 aliphatic rings. The van der Waals surface area contributed by atoms with E-state index in [0.29, 0.717) is 5.92 Å². The van der Waals surface area contributed by atoms with Crippen LogP contribution < -0.4 is 10.6 Å². The van der Waals surface area contributed by atoms with Gasteiger partial charge in [0.15, 0.2) is 0 Å². The first-order valence-electron chi connectivity index (χ1n) is 6.02. The number of anilines is 1. The number of hydrogen-bond acceptors (Lipinski definition) is 6. The summed E-state index contributed by atoms with van der Waals surface area (Å²) in [6.07, 6.45) is 2.59. The molecule has 0 amide bonds. The van der Waals surface area contributed by atoms with E-state index >= 15 is 0 Å². The van der Waals surface area contributed by atoms with Gasteiger partial charge in [0.25, 0.3) is 0 Å². The molecular formula is C12H18N4O2. The highest BCUT2D eigenvalue weighted by Gasteiger charge is 2.23. The number of ether oxygens (including phenoxy) is 1. The van der Waals surface area contributed by atoms with E-state index in [-0.39, 0.29) is 11.9 Å². The number of esters is 1. The molecule has 1 aliphatic heterocycles. The van der Waals surface area contributed by atoms with E-state index in [9.17, 15) is 4.79 Å². The molecule has 2 atom stereocenters. The van der Waals surface area contributed by atoms with Crippen molar-refractivity contribution in [2.45, 2.75) is 19.4 Å². The van der Waals surface area contributed by atoms with Crippen molar-refractivity contribution in [3.63, 3.8) is 0 Å². The van der Waals surface area contributed by atoms with Crippen LogP contribution in [-0.2, 0) is 4.74 Å². The Morgan fingerprint density at radius 2 is 2.33 bits per heavy atom. The van der Waals surface area contributed by atoms with Crippen molar-refractivity contribution in [2.24, 2.45) is 11.7 Å². The molecule has 0 radical (unpaired) electrons. The van der Waals surface area contributed by atoms with Crippen molar-refractivity contribution in [1.29, 1.82) is 0 Å². The van der Waals surface area contributed by atoms with Crippen molar-refractivity contribution in [3.8, 4) is 0 Å². The van der Waals surface area contributed by atoms with Gasteiger partial charge in [0.1, 0.15) is 5.82 Å². The number of carbonyl (C=O) groups excluding carboxylic acids is 1. The second-order valence-electron chi connectivity index (χ2n) is 4.74. The van der Waals surface area contributed by atoms with Gasteiger partial charge in [-0.1, -0.05) is 6.92 Å². The number of nitrogens with zero attached hydrogens (tertiary/aromatic N) is 3. The molecule has 0 saturated carbocycles. The minimum Gasteiger partial charge on any atom is -0.463 e. The third-order valence-corrected chi connectivity index (χ3v) is 3.02. The van der Waals surface area contributed by atoms with E-state index in [1.54, 1.807) is 12.3 Å². The molecule has 6 heteroatoms. The molecule has 2 rings (SSSR count). The lowest BCUT2D eigenvalue weighted by Crippen LogP contribution is -2.46. The highest BCUT2D eigenvalue weighted by atomic mass is 16.5. The van der Waals surface area contributed by atoms with Crippen LogP contribution in [0.4, 0.5) is 5.82 Å². The fourth-order valence-electron chi connectivity index (χ4n) is 2.30. The van der Waals surface area contributed by atoms with Gasteiger partial charge in [-0.05, 0) is 18.4 Å². The molecule has 6 nitrogen and oxygen atoms in total. The van der Waals surface area contributed by atoms with Gasteiger partial charge in [-0.25, -0.2) is 14.8 Å². The summed E-state index contributed by atoms with van der Waals surface area (Å²) in [5.74, 6) is 0.811. The van der Waals surface area contributed by atoms with Crippen molar-refractivity contribution >= 4 is 11.8 Å². The summed E-state index contributed by atoms with van der Waals surface area (Å²) >= 11 is 0. The van der Waals surface area contributed by atoms with Gasteiger partial charge < -0.3 is 15.4 Å². The van der Waals surface area contributed by atoms with Gasteiger partial charge in [0, 0.05) is 25.3 Å². The Bertz CT molecular complexity index is 428. The number of hydrogen-bond donors (Lipinski definition) is 1. The smallest absolute Gasteiger partial charge is 0.376 e. The molecule has 0 aliphatic carbocycles. The lowest BCUT2D eigenvalue weighted by molar-refractivity contribution is 0.0587.